The highest BCUT2D eigenvalue weighted by Gasteiger charge is 2.46. The van der Waals surface area contributed by atoms with Gasteiger partial charge < -0.3 is 24.5 Å². The van der Waals surface area contributed by atoms with E-state index in [9.17, 15) is 23.1 Å². The predicted octanol–water partition coefficient (Wildman–Crippen LogP) is 2.43. The van der Waals surface area contributed by atoms with E-state index < -0.39 is 16.0 Å². The number of carbonyl (C=O) groups is 2. The Balaban J connectivity index is 1.21. The zero-order valence-corrected chi connectivity index (χ0v) is 22.6. The summed E-state index contributed by atoms with van der Waals surface area (Å²) in [7, 11) is -3.98. The molecule has 1 aromatic heterocycles. The Labute approximate surface area is 223 Å². The second kappa shape index (κ2) is 10.8. The number of aryl methyl sites for hydroxylation is 2. The summed E-state index contributed by atoms with van der Waals surface area (Å²) < 4.78 is 39.0. The van der Waals surface area contributed by atoms with Gasteiger partial charge in [-0.3, -0.25) is 4.79 Å². The van der Waals surface area contributed by atoms with Gasteiger partial charge in [-0.1, -0.05) is 30.3 Å². The normalized spacial score (nSPS) is 24.9. The number of carboxylic acids is 1. The van der Waals surface area contributed by atoms with Gasteiger partial charge in [0.15, 0.2) is 0 Å². The fraction of sp³-hybridized carbons (Fsp3) is 0.556. The number of carboxylic acid groups (broad SMARTS) is 1. The highest BCUT2D eigenvalue weighted by Crippen LogP contribution is 2.37. The van der Waals surface area contributed by atoms with Crippen molar-refractivity contribution in [3.8, 4) is 0 Å². The van der Waals surface area contributed by atoms with Crippen LogP contribution in [0.15, 0.2) is 39.6 Å². The summed E-state index contributed by atoms with van der Waals surface area (Å²) in [5, 5.41) is 12.8. The number of amides is 1. The number of benzene rings is 1. The molecule has 4 heterocycles. The van der Waals surface area contributed by atoms with Crippen molar-refractivity contribution in [2.45, 2.75) is 37.6 Å². The minimum atomic E-state index is -3.98. The first kappa shape index (κ1) is 26.9. The van der Waals surface area contributed by atoms with Crippen LogP contribution in [0.3, 0.4) is 0 Å². The van der Waals surface area contributed by atoms with Crippen LogP contribution in [0.2, 0.25) is 0 Å². The van der Waals surface area contributed by atoms with Gasteiger partial charge in [0.05, 0.1) is 18.6 Å². The summed E-state index contributed by atoms with van der Waals surface area (Å²) >= 11 is 0. The average Bonchev–Trinajstić information content (AvgIpc) is 3.65. The maximum Gasteiger partial charge on any atom is 0.340 e. The third-order valence-electron chi connectivity index (χ3n) is 8.10. The van der Waals surface area contributed by atoms with E-state index >= 15 is 0 Å². The molecule has 0 bridgehead atoms. The van der Waals surface area contributed by atoms with Gasteiger partial charge in [-0.25, -0.2) is 13.2 Å². The highest BCUT2D eigenvalue weighted by molar-refractivity contribution is 7.89. The Hall–Kier alpha value is -2.73. The third-order valence-corrected chi connectivity index (χ3v) is 10.1. The molecule has 10 nitrogen and oxygen atoms in total. The zero-order chi connectivity index (χ0) is 27.0. The molecule has 1 aromatic carbocycles. The molecule has 3 aliphatic rings. The van der Waals surface area contributed by atoms with Crippen LogP contribution in [0.1, 0.15) is 46.3 Å². The number of rotatable bonds is 9. The average molecular weight is 546 g/mol. The van der Waals surface area contributed by atoms with Gasteiger partial charge in [0.25, 0.3) is 0 Å². The number of fused-ring (bicyclic) bond motifs is 1. The van der Waals surface area contributed by atoms with Crippen LogP contribution in [-0.2, 0) is 19.6 Å². The van der Waals surface area contributed by atoms with E-state index in [1.54, 1.807) is 0 Å². The molecule has 38 heavy (non-hydrogen) atoms. The molecule has 206 valence electrons. The number of nitrogens with zero attached hydrogens (tertiary/aromatic N) is 2. The number of aromatic carboxylic acids is 1. The molecule has 1 amide bonds. The van der Waals surface area contributed by atoms with E-state index in [0.29, 0.717) is 26.3 Å². The van der Waals surface area contributed by atoms with Crippen molar-refractivity contribution in [1.82, 2.24) is 14.5 Å². The molecule has 3 unspecified atom stereocenters. The molecule has 0 radical (unpaired) electrons. The number of nitrogens with one attached hydrogen (secondary N) is 1. The van der Waals surface area contributed by atoms with Gasteiger partial charge in [-0.15, -0.1) is 0 Å². The van der Waals surface area contributed by atoms with Crippen LogP contribution in [0, 0.1) is 31.6 Å². The molecule has 0 saturated carbocycles. The van der Waals surface area contributed by atoms with E-state index in [4.69, 9.17) is 9.15 Å². The monoisotopic (exact) mass is 545 g/mol. The quantitative estimate of drug-likeness (QED) is 0.492. The summed E-state index contributed by atoms with van der Waals surface area (Å²) in [6.45, 7) is 7.06. The van der Waals surface area contributed by atoms with Crippen molar-refractivity contribution < 1.29 is 32.3 Å². The first-order chi connectivity index (χ1) is 18.1. The Morgan fingerprint density at radius 1 is 1.08 bits per heavy atom. The van der Waals surface area contributed by atoms with Gasteiger partial charge in [0.1, 0.15) is 22.0 Å². The third kappa shape index (κ3) is 5.25. The molecule has 2 N–H and O–H groups in total. The van der Waals surface area contributed by atoms with E-state index in [1.165, 1.54) is 18.2 Å². The fourth-order valence-electron chi connectivity index (χ4n) is 6.13. The smallest absolute Gasteiger partial charge is 0.340 e. The van der Waals surface area contributed by atoms with Crippen LogP contribution < -0.4 is 5.32 Å². The largest absolute Gasteiger partial charge is 0.478 e. The van der Waals surface area contributed by atoms with Crippen molar-refractivity contribution in [2.75, 3.05) is 45.9 Å². The van der Waals surface area contributed by atoms with Crippen molar-refractivity contribution >= 4 is 21.9 Å². The van der Waals surface area contributed by atoms with Crippen LogP contribution >= 0.6 is 0 Å². The van der Waals surface area contributed by atoms with Crippen molar-refractivity contribution in [2.24, 2.45) is 17.8 Å². The summed E-state index contributed by atoms with van der Waals surface area (Å²) in [5.74, 6) is -0.829. The molecule has 2 aromatic rings. The number of carbonyl (C=O) groups excluding carboxylic acids is 1. The van der Waals surface area contributed by atoms with Crippen molar-refractivity contribution in [3.05, 3.63) is 53.0 Å². The lowest BCUT2D eigenvalue weighted by molar-refractivity contribution is -0.125. The Bertz CT molecular complexity index is 1270. The minimum Gasteiger partial charge on any atom is -0.478 e. The Morgan fingerprint density at radius 2 is 1.76 bits per heavy atom. The number of hydrogen-bond acceptors (Lipinski definition) is 7. The first-order valence-corrected chi connectivity index (χ1v) is 14.6. The molecule has 3 fully saturated rings. The Kier molecular flexibility index (Phi) is 7.63. The van der Waals surface area contributed by atoms with Crippen LogP contribution in [0.5, 0.6) is 0 Å². The molecule has 3 saturated heterocycles. The van der Waals surface area contributed by atoms with Crippen LogP contribution in [0.25, 0.3) is 0 Å². The number of likely N-dealkylation sites (tertiary alicyclic amines) is 1. The molecule has 4 atom stereocenters. The highest BCUT2D eigenvalue weighted by atomic mass is 32.2. The summed E-state index contributed by atoms with van der Waals surface area (Å²) in [6.07, 6.45) is 1.49. The van der Waals surface area contributed by atoms with Gasteiger partial charge in [-0.05, 0) is 44.1 Å². The second-order valence-electron chi connectivity index (χ2n) is 10.6. The lowest BCUT2D eigenvalue weighted by Gasteiger charge is -2.25. The number of furan rings is 1. The van der Waals surface area contributed by atoms with Crippen LogP contribution in [0.4, 0.5) is 0 Å². The van der Waals surface area contributed by atoms with Gasteiger partial charge >= 0.3 is 5.97 Å². The predicted molar refractivity (Wildman–Crippen MR) is 138 cm³/mol. The fourth-order valence-corrected chi connectivity index (χ4v) is 8.05. The lowest BCUT2D eigenvalue weighted by Crippen LogP contribution is -2.37. The number of sulfonamides is 1. The molecule has 0 spiro atoms. The lowest BCUT2D eigenvalue weighted by atomic mass is 10.0. The zero-order valence-electron chi connectivity index (χ0n) is 21.8. The SMILES string of the molecule is Cc1oc(C)c(S(=O)(=O)N2CC3CN(CC[C@H](NC(=O)C4CCOC4)c4ccccc4)CC3C2)c1C(=O)O. The number of hydrogen-bond donors (Lipinski definition) is 2. The topological polar surface area (TPSA) is 129 Å². The van der Waals surface area contributed by atoms with Crippen LogP contribution in [-0.4, -0.2) is 80.5 Å². The molecule has 5 rings (SSSR count). The number of ether oxygens (including phenoxy) is 1. The standard InChI is InChI=1S/C27H35N3O7S/c1-17-24(27(32)33)25(18(2)37-17)38(34,35)30-14-21-12-29(13-22(21)15-30)10-8-23(19-6-4-3-5-7-19)28-26(31)20-9-11-36-16-20/h3-7,20-23H,8-16H2,1-2H3,(H,28,31)(H,32,33)/t20?,21?,22?,23-/m0/s1. The van der Waals surface area contributed by atoms with Gasteiger partial charge in [0.2, 0.25) is 15.9 Å². The molecular formula is C27H35N3O7S. The van der Waals surface area contributed by atoms with Gasteiger partial charge in [-0.2, -0.15) is 4.31 Å². The summed E-state index contributed by atoms with van der Waals surface area (Å²) in [5.41, 5.74) is 0.788. The van der Waals surface area contributed by atoms with E-state index in [2.05, 4.69) is 10.2 Å². The van der Waals surface area contributed by atoms with E-state index in [1.807, 2.05) is 30.3 Å². The summed E-state index contributed by atoms with van der Waals surface area (Å²) in [6, 6.07) is 9.86. The summed E-state index contributed by atoms with van der Waals surface area (Å²) in [4.78, 5) is 26.7. The van der Waals surface area contributed by atoms with Crippen molar-refractivity contribution in [3.63, 3.8) is 0 Å². The van der Waals surface area contributed by atoms with E-state index in [0.717, 1.165) is 38.0 Å². The molecular weight excluding hydrogens is 510 g/mol. The minimum absolute atomic E-state index is 0.0287. The maximum atomic E-state index is 13.4. The molecule has 0 aliphatic carbocycles. The molecule has 3 aliphatic heterocycles. The molecule has 11 heteroatoms. The second-order valence-corrected chi connectivity index (χ2v) is 12.5. The van der Waals surface area contributed by atoms with Gasteiger partial charge in [0, 0.05) is 39.3 Å². The van der Waals surface area contributed by atoms with Crippen molar-refractivity contribution in [1.29, 1.82) is 0 Å². The Morgan fingerprint density at radius 3 is 2.37 bits per heavy atom. The first-order valence-electron chi connectivity index (χ1n) is 13.1. The maximum absolute atomic E-state index is 13.4. The van der Waals surface area contributed by atoms with E-state index in [-0.39, 0.29) is 51.7 Å².